The molecule has 1 unspecified atom stereocenters. The normalized spacial score (nSPS) is 12.2. The van der Waals surface area contributed by atoms with Crippen LogP contribution in [0.5, 0.6) is 0 Å². The average Bonchev–Trinajstić information content (AvgIpc) is 3.34. The van der Waals surface area contributed by atoms with Crippen LogP contribution in [0, 0.1) is 0 Å². The fourth-order valence-corrected chi connectivity index (χ4v) is 4.36. The summed E-state index contributed by atoms with van der Waals surface area (Å²) >= 11 is 7.76. The topological polar surface area (TPSA) is 17.8 Å². The van der Waals surface area contributed by atoms with Crippen LogP contribution in [0.3, 0.4) is 0 Å². The first kappa shape index (κ1) is 17.1. The second-order valence-corrected chi connectivity index (χ2v) is 8.14. The molecule has 0 amide bonds. The Hall–Kier alpha value is -2.36. The summed E-state index contributed by atoms with van der Waals surface area (Å²) in [5.41, 5.74) is 3.82. The molecule has 2 heterocycles. The molecule has 2 aromatic heterocycles. The molecule has 4 heteroatoms. The summed E-state index contributed by atoms with van der Waals surface area (Å²) in [7, 11) is 0. The minimum atomic E-state index is 0.329. The maximum absolute atomic E-state index is 6.10. The maximum atomic E-state index is 6.10. The summed E-state index contributed by atoms with van der Waals surface area (Å²) in [5.74, 6) is 0. The predicted octanol–water partition coefficient (Wildman–Crippen LogP) is 6.29. The van der Waals surface area contributed by atoms with Crippen molar-refractivity contribution in [1.82, 2.24) is 9.55 Å². The molecular formula is C22H19ClN2S. The van der Waals surface area contributed by atoms with E-state index in [0.29, 0.717) is 6.04 Å². The van der Waals surface area contributed by atoms with E-state index in [2.05, 4.69) is 64.1 Å². The van der Waals surface area contributed by atoms with Gasteiger partial charge in [0.25, 0.3) is 0 Å². The molecule has 4 aromatic rings. The van der Waals surface area contributed by atoms with E-state index in [1.165, 1.54) is 21.6 Å². The van der Waals surface area contributed by atoms with Crippen LogP contribution in [0.1, 0.15) is 16.5 Å². The fraction of sp³-hybridized carbons (Fsp3) is 0.136. The van der Waals surface area contributed by atoms with Crippen LogP contribution in [-0.2, 0) is 12.8 Å². The van der Waals surface area contributed by atoms with Crippen LogP contribution in [0.15, 0.2) is 85.5 Å². The lowest BCUT2D eigenvalue weighted by molar-refractivity contribution is 0.498. The highest BCUT2D eigenvalue weighted by Gasteiger charge is 2.14. The minimum absolute atomic E-state index is 0.329. The summed E-state index contributed by atoms with van der Waals surface area (Å²) in [5, 5.41) is 0. The van der Waals surface area contributed by atoms with Gasteiger partial charge in [-0.1, -0.05) is 66.2 Å². The van der Waals surface area contributed by atoms with Gasteiger partial charge in [-0.2, -0.15) is 0 Å². The van der Waals surface area contributed by atoms with Gasteiger partial charge in [-0.3, -0.25) is 0 Å². The number of rotatable bonds is 6. The molecule has 0 saturated heterocycles. The fourth-order valence-electron chi connectivity index (χ4n) is 3.20. The van der Waals surface area contributed by atoms with Gasteiger partial charge in [0.1, 0.15) is 0 Å². The largest absolute Gasteiger partial charge is 0.334 e. The van der Waals surface area contributed by atoms with E-state index in [1.54, 1.807) is 11.3 Å². The molecule has 0 bridgehead atoms. The van der Waals surface area contributed by atoms with E-state index in [-0.39, 0.29) is 0 Å². The lowest BCUT2D eigenvalue weighted by Crippen LogP contribution is -2.13. The first-order valence-electron chi connectivity index (χ1n) is 8.64. The van der Waals surface area contributed by atoms with Crippen LogP contribution in [0.25, 0.3) is 11.1 Å². The summed E-state index contributed by atoms with van der Waals surface area (Å²) < 4.78 is 3.04. The Morgan fingerprint density at radius 1 is 0.885 bits per heavy atom. The number of benzene rings is 2. The molecule has 1 atom stereocenters. The summed E-state index contributed by atoms with van der Waals surface area (Å²) in [6.45, 7) is 0. The van der Waals surface area contributed by atoms with Crippen molar-refractivity contribution in [2.75, 3.05) is 0 Å². The molecule has 2 aromatic carbocycles. The van der Waals surface area contributed by atoms with E-state index in [0.717, 1.165) is 17.2 Å². The van der Waals surface area contributed by atoms with Crippen molar-refractivity contribution in [3.8, 4) is 11.1 Å². The van der Waals surface area contributed by atoms with Crippen molar-refractivity contribution in [1.29, 1.82) is 0 Å². The molecule has 0 aliphatic heterocycles. The molecule has 0 spiro atoms. The third-order valence-electron chi connectivity index (χ3n) is 4.54. The third kappa shape index (κ3) is 4.06. The van der Waals surface area contributed by atoms with Gasteiger partial charge in [-0.05, 0) is 35.2 Å². The summed E-state index contributed by atoms with van der Waals surface area (Å²) in [6, 6.07) is 23.8. The van der Waals surface area contributed by atoms with Gasteiger partial charge in [-0.25, -0.2) is 4.98 Å². The molecule has 130 valence electrons. The van der Waals surface area contributed by atoms with Crippen LogP contribution < -0.4 is 0 Å². The number of aromatic nitrogens is 2. The zero-order chi connectivity index (χ0) is 17.8. The van der Waals surface area contributed by atoms with Crippen LogP contribution in [0.4, 0.5) is 0 Å². The second kappa shape index (κ2) is 7.90. The molecule has 0 saturated carbocycles. The molecule has 0 N–H and O–H groups in total. The highest BCUT2D eigenvalue weighted by Crippen LogP contribution is 2.28. The van der Waals surface area contributed by atoms with Crippen LogP contribution >= 0.6 is 22.9 Å². The molecule has 0 aliphatic carbocycles. The first-order valence-corrected chi connectivity index (χ1v) is 9.83. The maximum Gasteiger partial charge on any atom is 0.0948 e. The van der Waals surface area contributed by atoms with Gasteiger partial charge >= 0.3 is 0 Å². The number of halogens is 1. The van der Waals surface area contributed by atoms with E-state index in [1.807, 2.05) is 30.9 Å². The monoisotopic (exact) mass is 378 g/mol. The number of hydrogen-bond acceptors (Lipinski definition) is 2. The SMILES string of the molecule is Clc1ccc(CC(Cc2ccc(-c3ccccc3)cc2)n2ccnc2)s1. The van der Waals surface area contributed by atoms with Crippen molar-refractivity contribution in [2.24, 2.45) is 0 Å². The zero-order valence-corrected chi connectivity index (χ0v) is 15.8. The van der Waals surface area contributed by atoms with Crippen molar-refractivity contribution < 1.29 is 0 Å². The molecule has 4 rings (SSSR count). The predicted molar refractivity (Wildman–Crippen MR) is 110 cm³/mol. The van der Waals surface area contributed by atoms with E-state index < -0.39 is 0 Å². The number of thiophene rings is 1. The Morgan fingerprint density at radius 3 is 2.31 bits per heavy atom. The third-order valence-corrected chi connectivity index (χ3v) is 5.80. The second-order valence-electron chi connectivity index (χ2n) is 6.34. The Morgan fingerprint density at radius 2 is 1.65 bits per heavy atom. The van der Waals surface area contributed by atoms with Crippen molar-refractivity contribution in [3.63, 3.8) is 0 Å². The molecule has 2 nitrogen and oxygen atoms in total. The Balaban J connectivity index is 1.54. The molecule has 0 radical (unpaired) electrons. The van der Waals surface area contributed by atoms with Gasteiger partial charge in [0, 0.05) is 29.7 Å². The molecule has 0 aliphatic rings. The van der Waals surface area contributed by atoms with Gasteiger partial charge in [0.05, 0.1) is 10.7 Å². The lowest BCUT2D eigenvalue weighted by atomic mass is 9.99. The van der Waals surface area contributed by atoms with Gasteiger partial charge in [0.2, 0.25) is 0 Å². The Bertz CT molecular complexity index is 944. The highest BCUT2D eigenvalue weighted by molar-refractivity contribution is 7.16. The highest BCUT2D eigenvalue weighted by atomic mass is 35.5. The van der Waals surface area contributed by atoms with Crippen molar-refractivity contribution >= 4 is 22.9 Å². The number of nitrogens with zero attached hydrogens (tertiary/aromatic N) is 2. The molecular weight excluding hydrogens is 360 g/mol. The van der Waals surface area contributed by atoms with Crippen molar-refractivity contribution in [2.45, 2.75) is 18.9 Å². The summed E-state index contributed by atoms with van der Waals surface area (Å²) in [6.07, 6.45) is 7.69. The van der Waals surface area contributed by atoms with E-state index in [4.69, 9.17) is 11.6 Å². The number of imidazole rings is 1. The smallest absolute Gasteiger partial charge is 0.0948 e. The molecule has 26 heavy (non-hydrogen) atoms. The molecule has 0 fully saturated rings. The van der Waals surface area contributed by atoms with Crippen LogP contribution in [0.2, 0.25) is 4.34 Å². The average molecular weight is 379 g/mol. The first-order chi connectivity index (χ1) is 12.8. The van der Waals surface area contributed by atoms with Gasteiger partial charge in [-0.15, -0.1) is 11.3 Å². The Labute approximate surface area is 162 Å². The van der Waals surface area contributed by atoms with E-state index in [9.17, 15) is 0 Å². The van der Waals surface area contributed by atoms with Gasteiger partial charge < -0.3 is 4.57 Å². The number of hydrogen-bond donors (Lipinski definition) is 0. The standard InChI is InChI=1S/C22H19ClN2S/c23-22-11-10-21(26-22)15-20(25-13-12-24-16-25)14-17-6-8-19(9-7-17)18-4-2-1-3-5-18/h1-13,16,20H,14-15H2. The van der Waals surface area contributed by atoms with Gasteiger partial charge in [0.15, 0.2) is 0 Å². The minimum Gasteiger partial charge on any atom is -0.334 e. The van der Waals surface area contributed by atoms with Crippen LogP contribution in [-0.4, -0.2) is 9.55 Å². The summed E-state index contributed by atoms with van der Waals surface area (Å²) in [4.78, 5) is 5.53. The van der Waals surface area contributed by atoms with Crippen molar-refractivity contribution in [3.05, 3.63) is 100 Å². The zero-order valence-electron chi connectivity index (χ0n) is 14.3. The lowest BCUT2D eigenvalue weighted by Gasteiger charge is -2.18. The quantitative estimate of drug-likeness (QED) is 0.385. The Kier molecular flexibility index (Phi) is 5.19. The van der Waals surface area contributed by atoms with E-state index >= 15 is 0 Å².